The molecule has 0 spiro atoms. The van der Waals surface area contributed by atoms with Crippen LogP contribution in [0, 0.1) is 5.92 Å². The van der Waals surface area contributed by atoms with Gasteiger partial charge < -0.3 is 10.2 Å². The molecular formula is C14H18N2O. The van der Waals surface area contributed by atoms with Gasteiger partial charge in [-0.1, -0.05) is 0 Å². The number of nitrogens with zero attached hydrogens (tertiary/aromatic N) is 1. The van der Waals surface area contributed by atoms with E-state index in [-0.39, 0.29) is 11.8 Å². The van der Waals surface area contributed by atoms with Crippen molar-refractivity contribution in [3.05, 3.63) is 23.8 Å². The van der Waals surface area contributed by atoms with E-state index in [2.05, 4.69) is 29.4 Å². The Morgan fingerprint density at radius 3 is 3.00 bits per heavy atom. The minimum absolute atomic E-state index is 0.189. The SMILES string of the molecule is CN1CCCc2cc(NC(=O)C3CC3)ccc21. The number of amides is 1. The topological polar surface area (TPSA) is 32.3 Å². The van der Waals surface area contributed by atoms with Crippen molar-refractivity contribution in [1.82, 2.24) is 0 Å². The highest BCUT2D eigenvalue weighted by atomic mass is 16.2. The molecule has 1 fully saturated rings. The van der Waals surface area contributed by atoms with E-state index in [9.17, 15) is 4.79 Å². The van der Waals surface area contributed by atoms with E-state index in [1.807, 2.05) is 6.07 Å². The van der Waals surface area contributed by atoms with Gasteiger partial charge in [0.25, 0.3) is 0 Å². The summed E-state index contributed by atoms with van der Waals surface area (Å²) in [5, 5.41) is 3.01. The molecule has 0 bridgehead atoms. The van der Waals surface area contributed by atoms with Crippen LogP contribution in [-0.2, 0) is 11.2 Å². The molecule has 1 aliphatic carbocycles. The Kier molecular flexibility index (Phi) is 2.54. The van der Waals surface area contributed by atoms with Crippen LogP contribution in [0.15, 0.2) is 18.2 Å². The maximum atomic E-state index is 11.7. The summed E-state index contributed by atoms with van der Waals surface area (Å²) < 4.78 is 0. The van der Waals surface area contributed by atoms with Gasteiger partial charge in [-0.05, 0) is 49.4 Å². The predicted octanol–water partition coefficient (Wildman–Crippen LogP) is 2.42. The summed E-state index contributed by atoms with van der Waals surface area (Å²) in [5.74, 6) is 0.461. The maximum Gasteiger partial charge on any atom is 0.227 e. The maximum absolute atomic E-state index is 11.7. The van der Waals surface area contributed by atoms with E-state index >= 15 is 0 Å². The second-order valence-electron chi connectivity index (χ2n) is 5.13. The third kappa shape index (κ3) is 2.14. The van der Waals surface area contributed by atoms with Gasteiger partial charge >= 0.3 is 0 Å². The molecular weight excluding hydrogens is 212 g/mol. The zero-order chi connectivity index (χ0) is 11.8. The Morgan fingerprint density at radius 2 is 2.24 bits per heavy atom. The van der Waals surface area contributed by atoms with Gasteiger partial charge in [0.1, 0.15) is 0 Å². The van der Waals surface area contributed by atoms with Crippen molar-refractivity contribution in [1.29, 1.82) is 0 Å². The summed E-state index contributed by atoms with van der Waals surface area (Å²) in [4.78, 5) is 14.0. The van der Waals surface area contributed by atoms with E-state index in [0.29, 0.717) is 0 Å². The fourth-order valence-corrected chi connectivity index (χ4v) is 2.45. The molecule has 1 aliphatic heterocycles. The first-order valence-electron chi connectivity index (χ1n) is 6.39. The van der Waals surface area contributed by atoms with Crippen LogP contribution in [0.1, 0.15) is 24.8 Å². The third-order valence-electron chi connectivity index (χ3n) is 3.65. The zero-order valence-corrected chi connectivity index (χ0v) is 10.2. The van der Waals surface area contributed by atoms with Gasteiger partial charge in [0.15, 0.2) is 0 Å². The highest BCUT2D eigenvalue weighted by molar-refractivity contribution is 5.94. The van der Waals surface area contributed by atoms with Gasteiger partial charge in [-0.15, -0.1) is 0 Å². The van der Waals surface area contributed by atoms with E-state index in [0.717, 1.165) is 31.5 Å². The summed E-state index contributed by atoms with van der Waals surface area (Å²) in [6.45, 7) is 1.13. The van der Waals surface area contributed by atoms with Gasteiger partial charge in [-0.3, -0.25) is 4.79 Å². The largest absolute Gasteiger partial charge is 0.374 e. The van der Waals surface area contributed by atoms with Crippen LogP contribution in [0.3, 0.4) is 0 Å². The molecule has 90 valence electrons. The molecule has 3 rings (SSSR count). The molecule has 0 radical (unpaired) electrons. The number of hydrogen-bond acceptors (Lipinski definition) is 2. The number of aryl methyl sites for hydroxylation is 1. The molecule has 2 aliphatic rings. The van der Waals surface area contributed by atoms with Crippen LogP contribution >= 0.6 is 0 Å². The van der Waals surface area contributed by atoms with Crippen molar-refractivity contribution in [2.75, 3.05) is 23.8 Å². The molecule has 17 heavy (non-hydrogen) atoms. The number of benzene rings is 1. The van der Waals surface area contributed by atoms with Gasteiger partial charge in [-0.25, -0.2) is 0 Å². The first kappa shape index (κ1) is 10.6. The second-order valence-corrected chi connectivity index (χ2v) is 5.13. The monoisotopic (exact) mass is 230 g/mol. The Hall–Kier alpha value is -1.51. The Balaban J connectivity index is 1.79. The molecule has 1 N–H and O–H groups in total. The lowest BCUT2D eigenvalue weighted by Crippen LogP contribution is -2.24. The summed E-state index contributed by atoms with van der Waals surface area (Å²) >= 11 is 0. The van der Waals surface area contributed by atoms with E-state index in [1.165, 1.54) is 17.7 Å². The first-order chi connectivity index (χ1) is 8.24. The van der Waals surface area contributed by atoms with Gasteiger partial charge in [0.2, 0.25) is 5.91 Å². The molecule has 0 saturated heterocycles. The van der Waals surface area contributed by atoms with Crippen molar-refractivity contribution in [3.63, 3.8) is 0 Å². The Morgan fingerprint density at radius 1 is 1.41 bits per heavy atom. The summed E-state index contributed by atoms with van der Waals surface area (Å²) in [5.41, 5.74) is 3.61. The second kappa shape index (κ2) is 4.06. The summed E-state index contributed by atoms with van der Waals surface area (Å²) in [6.07, 6.45) is 4.43. The van der Waals surface area contributed by atoms with Crippen LogP contribution in [-0.4, -0.2) is 19.5 Å². The fourth-order valence-electron chi connectivity index (χ4n) is 2.45. The van der Waals surface area contributed by atoms with E-state index in [1.54, 1.807) is 0 Å². The molecule has 0 atom stereocenters. The number of nitrogens with one attached hydrogen (secondary N) is 1. The average molecular weight is 230 g/mol. The number of hydrogen-bond donors (Lipinski definition) is 1. The lowest BCUT2D eigenvalue weighted by Gasteiger charge is -2.27. The molecule has 0 unspecified atom stereocenters. The van der Waals surface area contributed by atoms with E-state index in [4.69, 9.17) is 0 Å². The lowest BCUT2D eigenvalue weighted by molar-refractivity contribution is -0.117. The van der Waals surface area contributed by atoms with Crippen molar-refractivity contribution >= 4 is 17.3 Å². The predicted molar refractivity (Wildman–Crippen MR) is 69.4 cm³/mol. The summed E-state index contributed by atoms with van der Waals surface area (Å²) in [7, 11) is 2.13. The number of carbonyl (C=O) groups is 1. The Labute approximate surface area is 102 Å². The minimum atomic E-state index is 0.189. The third-order valence-corrected chi connectivity index (χ3v) is 3.65. The molecule has 1 heterocycles. The first-order valence-corrected chi connectivity index (χ1v) is 6.39. The van der Waals surface area contributed by atoms with Crippen LogP contribution in [0.2, 0.25) is 0 Å². The Bertz CT molecular complexity index is 452. The smallest absolute Gasteiger partial charge is 0.227 e. The van der Waals surface area contributed by atoms with Crippen LogP contribution in [0.25, 0.3) is 0 Å². The number of fused-ring (bicyclic) bond motifs is 1. The fraction of sp³-hybridized carbons (Fsp3) is 0.500. The quantitative estimate of drug-likeness (QED) is 0.846. The number of carbonyl (C=O) groups excluding carboxylic acids is 1. The van der Waals surface area contributed by atoms with Gasteiger partial charge in [0, 0.05) is 30.9 Å². The molecule has 3 heteroatoms. The molecule has 0 aromatic heterocycles. The van der Waals surface area contributed by atoms with Crippen molar-refractivity contribution in [3.8, 4) is 0 Å². The molecule has 1 aromatic carbocycles. The molecule has 1 amide bonds. The van der Waals surface area contributed by atoms with E-state index < -0.39 is 0 Å². The van der Waals surface area contributed by atoms with Crippen LogP contribution < -0.4 is 10.2 Å². The molecule has 3 nitrogen and oxygen atoms in total. The highest BCUT2D eigenvalue weighted by Crippen LogP contribution is 2.32. The van der Waals surface area contributed by atoms with Crippen molar-refractivity contribution in [2.45, 2.75) is 25.7 Å². The minimum Gasteiger partial charge on any atom is -0.374 e. The number of anilines is 2. The highest BCUT2D eigenvalue weighted by Gasteiger charge is 2.29. The normalized spacial score (nSPS) is 18.8. The van der Waals surface area contributed by atoms with Crippen LogP contribution in [0.4, 0.5) is 11.4 Å². The lowest BCUT2D eigenvalue weighted by atomic mass is 10.0. The summed E-state index contributed by atoms with van der Waals surface area (Å²) in [6, 6.07) is 6.27. The molecule has 1 aromatic rings. The zero-order valence-electron chi connectivity index (χ0n) is 10.2. The average Bonchev–Trinajstić information content (AvgIpc) is 3.13. The van der Waals surface area contributed by atoms with Crippen molar-refractivity contribution < 1.29 is 4.79 Å². The van der Waals surface area contributed by atoms with Crippen molar-refractivity contribution in [2.24, 2.45) is 5.92 Å². The van der Waals surface area contributed by atoms with Gasteiger partial charge in [0.05, 0.1) is 0 Å². The van der Waals surface area contributed by atoms with Gasteiger partial charge in [-0.2, -0.15) is 0 Å². The van der Waals surface area contributed by atoms with Crippen LogP contribution in [0.5, 0.6) is 0 Å². The number of rotatable bonds is 2. The standard InChI is InChI=1S/C14H18N2O/c1-16-8-2-3-11-9-12(6-7-13(11)16)15-14(17)10-4-5-10/h6-7,9-10H,2-5,8H2,1H3,(H,15,17). The molecule has 1 saturated carbocycles.